The van der Waals surface area contributed by atoms with Gasteiger partial charge < -0.3 is 15.2 Å². The maximum absolute atomic E-state index is 9.42. The number of rotatable bonds is 6. The Morgan fingerprint density at radius 1 is 1.40 bits per heavy atom. The van der Waals surface area contributed by atoms with Crippen LogP contribution in [-0.4, -0.2) is 49.4 Å². The van der Waals surface area contributed by atoms with Gasteiger partial charge in [-0.2, -0.15) is 0 Å². The molecule has 1 heterocycles. The number of aliphatic hydroxyl groups excluding tert-OH is 1. The van der Waals surface area contributed by atoms with Crippen LogP contribution >= 0.6 is 15.9 Å². The lowest BCUT2D eigenvalue weighted by molar-refractivity contribution is 0.138. The number of halogens is 1. The van der Waals surface area contributed by atoms with Crippen LogP contribution < -0.4 is 10.1 Å². The van der Waals surface area contributed by atoms with E-state index in [4.69, 9.17) is 4.74 Å². The van der Waals surface area contributed by atoms with E-state index in [1.807, 2.05) is 19.1 Å². The molecule has 0 unspecified atom stereocenters. The van der Waals surface area contributed by atoms with Crippen LogP contribution in [0, 0.1) is 0 Å². The highest BCUT2D eigenvalue weighted by Crippen LogP contribution is 2.34. The fourth-order valence-corrected chi connectivity index (χ4v) is 3.10. The number of benzene rings is 1. The third-order valence-corrected chi connectivity index (χ3v) is 4.12. The maximum Gasteiger partial charge on any atom is 0.124 e. The highest BCUT2D eigenvalue weighted by atomic mass is 79.9. The number of aliphatic hydroxyl groups is 1. The van der Waals surface area contributed by atoms with Gasteiger partial charge in [-0.3, -0.25) is 4.90 Å². The van der Waals surface area contributed by atoms with Crippen LogP contribution in [0.15, 0.2) is 22.7 Å². The monoisotopic (exact) mass is 342 g/mol. The lowest BCUT2D eigenvalue weighted by Crippen LogP contribution is -2.45. The van der Waals surface area contributed by atoms with E-state index in [2.05, 4.69) is 32.2 Å². The molecule has 0 radical (unpaired) electrons. The van der Waals surface area contributed by atoms with Crippen molar-refractivity contribution in [3.05, 3.63) is 28.2 Å². The topological polar surface area (TPSA) is 44.7 Å². The second-order valence-electron chi connectivity index (χ2n) is 4.93. The van der Waals surface area contributed by atoms with Gasteiger partial charge in [-0.15, -0.1) is 0 Å². The standard InChI is InChI=1S/C15H23BrN2O2/c1-2-20-15-4-3-12(16)11-13(15)14(5-10-19)18-8-6-17-7-9-18/h3-4,11,14,17,19H,2,5-10H2,1H3/t14-/m0/s1. The summed E-state index contributed by atoms with van der Waals surface area (Å²) in [6.45, 7) is 6.84. The summed E-state index contributed by atoms with van der Waals surface area (Å²) in [7, 11) is 0. The van der Waals surface area contributed by atoms with Crippen LogP contribution in [0.3, 0.4) is 0 Å². The first-order chi connectivity index (χ1) is 9.76. The van der Waals surface area contributed by atoms with E-state index >= 15 is 0 Å². The van der Waals surface area contributed by atoms with Gasteiger partial charge in [0.1, 0.15) is 5.75 Å². The Labute approximate surface area is 129 Å². The molecule has 1 aliphatic heterocycles. The molecule has 0 amide bonds. The van der Waals surface area contributed by atoms with Crippen molar-refractivity contribution in [2.75, 3.05) is 39.4 Å². The molecule has 1 aromatic carbocycles. The molecule has 0 spiro atoms. The summed E-state index contributed by atoms with van der Waals surface area (Å²) in [5.74, 6) is 0.924. The van der Waals surface area contributed by atoms with E-state index in [9.17, 15) is 5.11 Å². The molecular weight excluding hydrogens is 320 g/mol. The Morgan fingerprint density at radius 3 is 2.80 bits per heavy atom. The highest BCUT2D eigenvalue weighted by Gasteiger charge is 2.24. The number of nitrogens with one attached hydrogen (secondary N) is 1. The Morgan fingerprint density at radius 2 is 2.15 bits per heavy atom. The molecule has 1 atom stereocenters. The average molecular weight is 343 g/mol. The fourth-order valence-electron chi connectivity index (χ4n) is 2.72. The minimum atomic E-state index is 0.187. The molecule has 20 heavy (non-hydrogen) atoms. The molecule has 1 fully saturated rings. The van der Waals surface area contributed by atoms with E-state index < -0.39 is 0 Å². The molecule has 4 nitrogen and oxygen atoms in total. The van der Waals surface area contributed by atoms with Crippen molar-refractivity contribution in [3.63, 3.8) is 0 Å². The fraction of sp³-hybridized carbons (Fsp3) is 0.600. The zero-order valence-electron chi connectivity index (χ0n) is 11.9. The lowest BCUT2D eigenvalue weighted by Gasteiger charge is -2.35. The first-order valence-electron chi connectivity index (χ1n) is 7.24. The number of hydrogen-bond donors (Lipinski definition) is 2. The molecule has 1 aliphatic rings. The summed E-state index contributed by atoms with van der Waals surface area (Å²) >= 11 is 3.54. The van der Waals surface area contributed by atoms with Gasteiger partial charge in [0.15, 0.2) is 0 Å². The molecule has 112 valence electrons. The third kappa shape index (κ3) is 3.95. The van der Waals surface area contributed by atoms with E-state index in [1.54, 1.807) is 0 Å². The van der Waals surface area contributed by atoms with Crippen LogP contribution in [0.4, 0.5) is 0 Å². The summed E-state index contributed by atoms with van der Waals surface area (Å²) in [5.41, 5.74) is 1.16. The predicted octanol–water partition coefficient (Wildman–Crippen LogP) is 2.18. The van der Waals surface area contributed by atoms with Crippen molar-refractivity contribution in [1.29, 1.82) is 0 Å². The molecule has 5 heteroatoms. The minimum absolute atomic E-state index is 0.187. The quantitative estimate of drug-likeness (QED) is 0.831. The Bertz CT molecular complexity index is 422. The van der Waals surface area contributed by atoms with E-state index in [-0.39, 0.29) is 12.6 Å². The smallest absolute Gasteiger partial charge is 0.124 e. The maximum atomic E-state index is 9.42. The third-order valence-electron chi connectivity index (χ3n) is 3.63. The minimum Gasteiger partial charge on any atom is -0.494 e. The Hall–Kier alpha value is -0.620. The summed E-state index contributed by atoms with van der Waals surface area (Å²) in [5, 5.41) is 12.8. The van der Waals surface area contributed by atoms with Crippen molar-refractivity contribution in [2.24, 2.45) is 0 Å². The molecule has 2 N–H and O–H groups in total. The van der Waals surface area contributed by atoms with Crippen molar-refractivity contribution in [3.8, 4) is 5.75 Å². The van der Waals surface area contributed by atoms with Gasteiger partial charge in [-0.05, 0) is 31.5 Å². The zero-order valence-corrected chi connectivity index (χ0v) is 13.5. The lowest BCUT2D eigenvalue weighted by atomic mass is 10.0. The molecule has 0 aromatic heterocycles. The van der Waals surface area contributed by atoms with Crippen molar-refractivity contribution in [1.82, 2.24) is 10.2 Å². The molecule has 2 rings (SSSR count). The SMILES string of the molecule is CCOc1ccc(Br)cc1[C@H](CCO)N1CCNCC1. The van der Waals surface area contributed by atoms with Gasteiger partial charge in [0.2, 0.25) is 0 Å². The zero-order chi connectivity index (χ0) is 14.4. The van der Waals surface area contributed by atoms with Crippen LogP contribution in [-0.2, 0) is 0 Å². The highest BCUT2D eigenvalue weighted by molar-refractivity contribution is 9.10. The normalized spacial score (nSPS) is 17.9. The number of ether oxygens (including phenoxy) is 1. The summed E-state index contributed by atoms with van der Waals surface area (Å²) < 4.78 is 6.82. The summed E-state index contributed by atoms with van der Waals surface area (Å²) in [6, 6.07) is 6.34. The van der Waals surface area contributed by atoms with Crippen LogP contribution in [0.2, 0.25) is 0 Å². The van der Waals surface area contributed by atoms with Crippen LogP contribution in [0.1, 0.15) is 24.9 Å². The summed E-state index contributed by atoms with van der Waals surface area (Å²) in [4.78, 5) is 2.43. The largest absolute Gasteiger partial charge is 0.494 e. The second kappa shape index (κ2) is 7.98. The van der Waals surface area contributed by atoms with Gasteiger partial charge in [0.05, 0.1) is 6.61 Å². The molecule has 0 saturated carbocycles. The van der Waals surface area contributed by atoms with E-state index in [0.717, 1.165) is 48.4 Å². The summed E-state index contributed by atoms with van der Waals surface area (Å²) in [6.07, 6.45) is 0.733. The molecule has 0 bridgehead atoms. The molecule has 1 saturated heterocycles. The van der Waals surface area contributed by atoms with Gasteiger partial charge in [-0.25, -0.2) is 0 Å². The second-order valence-corrected chi connectivity index (χ2v) is 5.84. The van der Waals surface area contributed by atoms with Crippen LogP contribution in [0.25, 0.3) is 0 Å². The molecule has 1 aromatic rings. The van der Waals surface area contributed by atoms with Gasteiger partial charge in [-0.1, -0.05) is 15.9 Å². The van der Waals surface area contributed by atoms with Gasteiger partial charge in [0, 0.05) is 48.9 Å². The van der Waals surface area contributed by atoms with Gasteiger partial charge >= 0.3 is 0 Å². The predicted molar refractivity (Wildman–Crippen MR) is 84.2 cm³/mol. The first kappa shape index (κ1) is 15.8. The number of piperazine rings is 1. The number of hydrogen-bond acceptors (Lipinski definition) is 4. The van der Waals surface area contributed by atoms with Gasteiger partial charge in [0.25, 0.3) is 0 Å². The van der Waals surface area contributed by atoms with E-state index in [0.29, 0.717) is 6.61 Å². The van der Waals surface area contributed by atoms with E-state index in [1.165, 1.54) is 0 Å². The molecule has 0 aliphatic carbocycles. The van der Waals surface area contributed by atoms with Crippen molar-refractivity contribution in [2.45, 2.75) is 19.4 Å². The van der Waals surface area contributed by atoms with Crippen LogP contribution in [0.5, 0.6) is 5.75 Å². The van der Waals surface area contributed by atoms with Crippen molar-refractivity contribution >= 4 is 15.9 Å². The number of nitrogens with zero attached hydrogens (tertiary/aromatic N) is 1. The Balaban J connectivity index is 2.28. The first-order valence-corrected chi connectivity index (χ1v) is 8.03. The average Bonchev–Trinajstić information content (AvgIpc) is 2.48. The Kier molecular flexibility index (Phi) is 6.29. The molecular formula is C15H23BrN2O2. The van der Waals surface area contributed by atoms with Crippen molar-refractivity contribution < 1.29 is 9.84 Å².